The first-order chi connectivity index (χ1) is 14.7. The molecule has 0 N–H and O–H groups in total. The SMILES string of the molecule is O=C(Cn1c([C@@H]2CC(=O)N(C3CCCCC3)C2)nc2ccccc21)N1CCOCC1. The first kappa shape index (κ1) is 19.5. The lowest BCUT2D eigenvalue weighted by molar-refractivity contribution is -0.135. The lowest BCUT2D eigenvalue weighted by atomic mass is 9.94. The summed E-state index contributed by atoms with van der Waals surface area (Å²) in [6.45, 7) is 3.45. The molecule has 1 atom stereocenters. The summed E-state index contributed by atoms with van der Waals surface area (Å²) in [7, 11) is 0. The highest BCUT2D eigenvalue weighted by atomic mass is 16.5. The van der Waals surface area contributed by atoms with Gasteiger partial charge in [0.1, 0.15) is 12.4 Å². The number of ether oxygens (including phenoxy) is 1. The Balaban J connectivity index is 1.42. The lowest BCUT2D eigenvalue weighted by Gasteiger charge is -2.31. The zero-order valence-electron chi connectivity index (χ0n) is 17.5. The van der Waals surface area contributed by atoms with E-state index in [1.54, 1.807) is 0 Å². The van der Waals surface area contributed by atoms with Gasteiger partial charge in [0, 0.05) is 38.0 Å². The summed E-state index contributed by atoms with van der Waals surface area (Å²) in [6.07, 6.45) is 6.43. The number of amides is 2. The highest BCUT2D eigenvalue weighted by Gasteiger charge is 2.38. The number of rotatable bonds is 4. The third-order valence-electron chi connectivity index (χ3n) is 6.88. The Morgan fingerprint density at radius 2 is 1.87 bits per heavy atom. The van der Waals surface area contributed by atoms with E-state index >= 15 is 0 Å². The fraction of sp³-hybridized carbons (Fsp3) is 0.609. The molecule has 1 saturated carbocycles. The Hall–Kier alpha value is -2.41. The van der Waals surface area contributed by atoms with Crippen LogP contribution in [0.3, 0.4) is 0 Å². The van der Waals surface area contributed by atoms with Crippen molar-refractivity contribution >= 4 is 22.8 Å². The molecule has 2 saturated heterocycles. The van der Waals surface area contributed by atoms with Crippen molar-refractivity contribution in [1.29, 1.82) is 0 Å². The van der Waals surface area contributed by atoms with Crippen molar-refractivity contribution in [1.82, 2.24) is 19.4 Å². The minimum Gasteiger partial charge on any atom is -0.378 e. The molecular weight excluding hydrogens is 380 g/mol. The zero-order chi connectivity index (χ0) is 20.5. The van der Waals surface area contributed by atoms with Crippen molar-refractivity contribution < 1.29 is 14.3 Å². The molecule has 2 aliphatic heterocycles. The Morgan fingerprint density at radius 3 is 2.67 bits per heavy atom. The van der Waals surface area contributed by atoms with Crippen LogP contribution in [0, 0.1) is 0 Å². The molecule has 1 aromatic heterocycles. The Kier molecular flexibility index (Phi) is 5.46. The van der Waals surface area contributed by atoms with Crippen LogP contribution >= 0.6 is 0 Å². The maximum Gasteiger partial charge on any atom is 0.242 e. The van der Waals surface area contributed by atoms with Crippen LogP contribution in [0.1, 0.15) is 50.3 Å². The van der Waals surface area contributed by atoms with Crippen molar-refractivity contribution in [2.24, 2.45) is 0 Å². The van der Waals surface area contributed by atoms with Crippen LogP contribution in [-0.4, -0.2) is 70.1 Å². The van der Waals surface area contributed by atoms with Crippen molar-refractivity contribution in [3.05, 3.63) is 30.1 Å². The number of hydrogen-bond acceptors (Lipinski definition) is 4. The van der Waals surface area contributed by atoms with Crippen LogP contribution in [0.5, 0.6) is 0 Å². The van der Waals surface area contributed by atoms with Crippen LogP contribution in [0.15, 0.2) is 24.3 Å². The minimum absolute atomic E-state index is 0.0457. The van der Waals surface area contributed by atoms with Gasteiger partial charge in [-0.2, -0.15) is 0 Å². The molecule has 2 aromatic rings. The molecule has 3 fully saturated rings. The molecule has 0 radical (unpaired) electrons. The van der Waals surface area contributed by atoms with Crippen LogP contribution in [0.25, 0.3) is 11.0 Å². The highest BCUT2D eigenvalue weighted by molar-refractivity contribution is 5.83. The molecule has 160 valence electrons. The smallest absolute Gasteiger partial charge is 0.242 e. The van der Waals surface area contributed by atoms with Gasteiger partial charge < -0.3 is 19.1 Å². The molecule has 3 aliphatic rings. The van der Waals surface area contributed by atoms with Gasteiger partial charge in [0.05, 0.1) is 24.2 Å². The molecule has 0 bridgehead atoms. The summed E-state index contributed by atoms with van der Waals surface area (Å²) in [6, 6.07) is 8.35. The number of likely N-dealkylation sites (tertiary alicyclic amines) is 1. The predicted molar refractivity (Wildman–Crippen MR) is 113 cm³/mol. The largest absolute Gasteiger partial charge is 0.378 e. The van der Waals surface area contributed by atoms with Crippen LogP contribution in [0.2, 0.25) is 0 Å². The molecule has 2 amide bonds. The number of fused-ring (bicyclic) bond motifs is 1. The van der Waals surface area contributed by atoms with Gasteiger partial charge in [0.25, 0.3) is 0 Å². The first-order valence-corrected chi connectivity index (χ1v) is 11.3. The number of benzene rings is 1. The predicted octanol–water partition coefficient (Wildman–Crippen LogP) is 2.54. The topological polar surface area (TPSA) is 67.7 Å². The van der Waals surface area contributed by atoms with E-state index in [-0.39, 0.29) is 24.3 Å². The van der Waals surface area contributed by atoms with E-state index in [2.05, 4.69) is 9.47 Å². The number of nitrogens with zero attached hydrogens (tertiary/aromatic N) is 4. The van der Waals surface area contributed by atoms with E-state index in [1.165, 1.54) is 19.3 Å². The van der Waals surface area contributed by atoms with E-state index in [1.807, 2.05) is 29.2 Å². The number of carbonyl (C=O) groups is 2. The third kappa shape index (κ3) is 3.71. The molecule has 30 heavy (non-hydrogen) atoms. The first-order valence-electron chi connectivity index (χ1n) is 11.3. The van der Waals surface area contributed by atoms with Gasteiger partial charge in [-0.15, -0.1) is 0 Å². The average molecular weight is 411 g/mol. The second kappa shape index (κ2) is 8.38. The van der Waals surface area contributed by atoms with Crippen LogP contribution in [0.4, 0.5) is 0 Å². The molecule has 0 spiro atoms. The number of carbonyl (C=O) groups excluding carboxylic acids is 2. The number of aromatic nitrogens is 2. The minimum atomic E-state index is 0.0457. The summed E-state index contributed by atoms with van der Waals surface area (Å²) in [5.41, 5.74) is 1.86. The van der Waals surface area contributed by atoms with E-state index in [0.29, 0.717) is 38.8 Å². The highest BCUT2D eigenvalue weighted by Crippen LogP contribution is 2.34. The maximum atomic E-state index is 13.0. The lowest BCUT2D eigenvalue weighted by Crippen LogP contribution is -2.42. The van der Waals surface area contributed by atoms with Gasteiger partial charge in [-0.1, -0.05) is 31.4 Å². The summed E-state index contributed by atoms with van der Waals surface area (Å²) < 4.78 is 7.44. The average Bonchev–Trinajstić information content (AvgIpc) is 3.35. The van der Waals surface area contributed by atoms with Crippen molar-refractivity contribution in [3.63, 3.8) is 0 Å². The van der Waals surface area contributed by atoms with E-state index < -0.39 is 0 Å². The molecule has 3 heterocycles. The monoisotopic (exact) mass is 410 g/mol. The van der Waals surface area contributed by atoms with Crippen LogP contribution in [-0.2, 0) is 20.9 Å². The molecule has 5 rings (SSSR count). The Labute approximate surface area is 177 Å². The van der Waals surface area contributed by atoms with Gasteiger partial charge in [-0.25, -0.2) is 4.98 Å². The number of imidazole rings is 1. The Morgan fingerprint density at radius 1 is 1.10 bits per heavy atom. The Bertz CT molecular complexity index is 928. The van der Waals surface area contributed by atoms with E-state index in [4.69, 9.17) is 9.72 Å². The second-order valence-electron chi connectivity index (χ2n) is 8.78. The van der Waals surface area contributed by atoms with Crippen molar-refractivity contribution in [2.75, 3.05) is 32.8 Å². The van der Waals surface area contributed by atoms with Crippen LogP contribution < -0.4 is 0 Å². The standard InChI is InChI=1S/C23H30N4O3/c28-21-14-17(15-26(21)18-6-2-1-3-7-18)23-24-19-8-4-5-9-20(19)27(23)16-22(29)25-10-12-30-13-11-25/h4-5,8-9,17-18H,1-3,6-7,10-16H2/t17-/m1/s1. The molecule has 0 unspecified atom stereocenters. The van der Waals surface area contributed by atoms with Gasteiger partial charge in [-0.3, -0.25) is 9.59 Å². The summed E-state index contributed by atoms with van der Waals surface area (Å²) in [5, 5.41) is 0. The number of para-hydroxylation sites is 2. The quantitative estimate of drug-likeness (QED) is 0.777. The zero-order valence-corrected chi connectivity index (χ0v) is 17.5. The summed E-state index contributed by atoms with van der Waals surface area (Å²) in [4.78, 5) is 34.7. The molecular formula is C23H30N4O3. The molecule has 7 heteroatoms. The number of morpholine rings is 1. The third-order valence-corrected chi connectivity index (χ3v) is 6.88. The van der Waals surface area contributed by atoms with E-state index in [9.17, 15) is 9.59 Å². The van der Waals surface area contributed by atoms with Gasteiger partial charge in [-0.05, 0) is 25.0 Å². The molecule has 1 aromatic carbocycles. The summed E-state index contributed by atoms with van der Waals surface area (Å²) >= 11 is 0. The van der Waals surface area contributed by atoms with Gasteiger partial charge in [0.15, 0.2) is 0 Å². The van der Waals surface area contributed by atoms with E-state index in [0.717, 1.165) is 36.2 Å². The van der Waals surface area contributed by atoms with Gasteiger partial charge >= 0.3 is 0 Å². The van der Waals surface area contributed by atoms with Crippen molar-refractivity contribution in [3.8, 4) is 0 Å². The molecule has 1 aliphatic carbocycles. The summed E-state index contributed by atoms with van der Waals surface area (Å²) in [5.74, 6) is 1.26. The molecule has 7 nitrogen and oxygen atoms in total. The number of hydrogen-bond donors (Lipinski definition) is 0. The van der Waals surface area contributed by atoms with Crippen molar-refractivity contribution in [2.45, 2.75) is 57.0 Å². The fourth-order valence-corrected chi connectivity index (χ4v) is 5.27. The maximum absolute atomic E-state index is 13.0. The normalized spacial score (nSPS) is 23.5. The fourth-order valence-electron chi connectivity index (χ4n) is 5.27. The van der Waals surface area contributed by atoms with Gasteiger partial charge in [0.2, 0.25) is 11.8 Å². The second-order valence-corrected chi connectivity index (χ2v) is 8.78.